The Labute approximate surface area is 150 Å². The van der Waals surface area contributed by atoms with Gasteiger partial charge in [-0.3, -0.25) is 4.79 Å². The second-order valence-corrected chi connectivity index (χ2v) is 6.93. The van der Waals surface area contributed by atoms with Crippen LogP contribution in [0.5, 0.6) is 5.75 Å². The van der Waals surface area contributed by atoms with Crippen LogP contribution in [0.2, 0.25) is 0 Å². The lowest BCUT2D eigenvalue weighted by molar-refractivity contribution is -0.131. The van der Waals surface area contributed by atoms with Crippen molar-refractivity contribution in [2.24, 2.45) is 0 Å². The number of piperazine rings is 2. The zero-order valence-electron chi connectivity index (χ0n) is 15.5. The van der Waals surface area contributed by atoms with Gasteiger partial charge in [-0.25, -0.2) is 0 Å². The molecule has 0 spiro atoms. The Morgan fingerprint density at radius 3 is 2.36 bits per heavy atom. The van der Waals surface area contributed by atoms with Crippen LogP contribution in [0.3, 0.4) is 0 Å². The van der Waals surface area contributed by atoms with Gasteiger partial charge in [0.05, 0.1) is 12.8 Å². The van der Waals surface area contributed by atoms with Gasteiger partial charge >= 0.3 is 0 Å². The predicted molar refractivity (Wildman–Crippen MR) is 100 cm³/mol. The third-order valence-corrected chi connectivity index (χ3v) is 5.30. The van der Waals surface area contributed by atoms with E-state index >= 15 is 0 Å². The first-order chi connectivity index (χ1) is 12.2. The Hall–Kier alpha value is -1.79. The Morgan fingerprint density at radius 1 is 1.00 bits per heavy atom. The van der Waals surface area contributed by atoms with Gasteiger partial charge in [-0.2, -0.15) is 0 Å². The van der Waals surface area contributed by atoms with Crippen molar-refractivity contribution in [3.05, 3.63) is 24.3 Å². The maximum atomic E-state index is 12.5. The summed E-state index contributed by atoms with van der Waals surface area (Å²) in [7, 11) is 3.86. The maximum absolute atomic E-state index is 12.5. The molecule has 2 saturated heterocycles. The van der Waals surface area contributed by atoms with Crippen LogP contribution in [0.4, 0.5) is 5.69 Å². The van der Waals surface area contributed by atoms with Crippen LogP contribution in [-0.4, -0.2) is 93.7 Å². The minimum Gasteiger partial charge on any atom is -0.495 e. The van der Waals surface area contributed by atoms with Crippen molar-refractivity contribution in [3.63, 3.8) is 0 Å². The van der Waals surface area contributed by atoms with Crippen LogP contribution < -0.4 is 9.64 Å². The summed E-state index contributed by atoms with van der Waals surface area (Å²) in [5, 5.41) is 0. The number of ether oxygens (including phenoxy) is 1. The summed E-state index contributed by atoms with van der Waals surface area (Å²) < 4.78 is 5.45. The molecule has 138 valence electrons. The van der Waals surface area contributed by atoms with E-state index in [1.165, 1.54) is 0 Å². The van der Waals surface area contributed by atoms with Gasteiger partial charge in [-0.1, -0.05) is 12.1 Å². The van der Waals surface area contributed by atoms with Crippen molar-refractivity contribution in [2.45, 2.75) is 6.42 Å². The summed E-state index contributed by atoms with van der Waals surface area (Å²) in [6.45, 7) is 8.55. The molecule has 2 fully saturated rings. The third-order valence-electron chi connectivity index (χ3n) is 5.30. The number of carbonyl (C=O) groups excluding carboxylic acids is 1. The average Bonchev–Trinajstić information content (AvgIpc) is 2.67. The van der Waals surface area contributed by atoms with Gasteiger partial charge < -0.3 is 24.3 Å². The predicted octanol–water partition coefficient (Wildman–Crippen LogP) is 0.981. The lowest BCUT2D eigenvalue weighted by Gasteiger charge is -2.37. The van der Waals surface area contributed by atoms with Crippen molar-refractivity contribution >= 4 is 11.6 Å². The van der Waals surface area contributed by atoms with Gasteiger partial charge in [0.15, 0.2) is 0 Å². The number of anilines is 1. The van der Waals surface area contributed by atoms with E-state index in [1.54, 1.807) is 7.11 Å². The Kier molecular flexibility index (Phi) is 6.15. The standard InChI is InChI=1S/C19H30N4O2/c1-20-9-11-21(12-10-20)8-7-19(24)23-15-13-22(14-16-23)17-5-3-4-6-18(17)25-2/h3-6H,7-16H2,1-2H3. The number of amides is 1. The highest BCUT2D eigenvalue weighted by molar-refractivity contribution is 5.76. The summed E-state index contributed by atoms with van der Waals surface area (Å²) in [6.07, 6.45) is 0.637. The number of nitrogens with zero attached hydrogens (tertiary/aromatic N) is 4. The molecule has 0 radical (unpaired) electrons. The molecule has 0 aliphatic carbocycles. The number of hydrogen-bond acceptors (Lipinski definition) is 5. The van der Waals surface area contributed by atoms with E-state index in [1.807, 2.05) is 23.1 Å². The molecule has 0 bridgehead atoms. The zero-order chi connectivity index (χ0) is 17.6. The molecule has 2 aliphatic rings. The molecule has 6 heteroatoms. The maximum Gasteiger partial charge on any atom is 0.223 e. The van der Waals surface area contributed by atoms with Crippen LogP contribution in [0.25, 0.3) is 0 Å². The molecule has 0 N–H and O–H groups in total. The van der Waals surface area contributed by atoms with Crippen LogP contribution in [-0.2, 0) is 4.79 Å². The third kappa shape index (κ3) is 4.64. The van der Waals surface area contributed by atoms with E-state index < -0.39 is 0 Å². The smallest absolute Gasteiger partial charge is 0.223 e. The molecule has 2 heterocycles. The van der Waals surface area contributed by atoms with E-state index in [-0.39, 0.29) is 0 Å². The van der Waals surface area contributed by atoms with Gasteiger partial charge in [-0.15, -0.1) is 0 Å². The second-order valence-electron chi connectivity index (χ2n) is 6.93. The van der Waals surface area contributed by atoms with Crippen molar-refractivity contribution in [3.8, 4) is 5.75 Å². The quantitative estimate of drug-likeness (QED) is 0.795. The number of hydrogen-bond donors (Lipinski definition) is 0. The second kappa shape index (κ2) is 8.54. The van der Waals surface area contributed by atoms with E-state index in [0.29, 0.717) is 12.3 Å². The molecule has 0 unspecified atom stereocenters. The summed E-state index contributed by atoms with van der Waals surface area (Å²) in [4.78, 5) is 21.6. The monoisotopic (exact) mass is 346 g/mol. The SMILES string of the molecule is COc1ccccc1N1CCN(C(=O)CCN2CCN(C)CC2)CC1. The number of para-hydroxylation sites is 2. The summed E-state index contributed by atoms with van der Waals surface area (Å²) in [5.41, 5.74) is 1.12. The van der Waals surface area contributed by atoms with Crippen LogP contribution in [0.1, 0.15) is 6.42 Å². The Morgan fingerprint density at radius 2 is 1.68 bits per heavy atom. The van der Waals surface area contributed by atoms with Crippen LogP contribution >= 0.6 is 0 Å². The fourth-order valence-corrected chi connectivity index (χ4v) is 3.57. The average molecular weight is 346 g/mol. The molecule has 1 aromatic carbocycles. The van der Waals surface area contributed by atoms with Crippen molar-refractivity contribution in [1.82, 2.24) is 14.7 Å². The molecule has 1 aromatic rings. The van der Waals surface area contributed by atoms with Gasteiger partial charge in [0.1, 0.15) is 5.75 Å². The van der Waals surface area contributed by atoms with Gasteiger partial charge in [0.2, 0.25) is 5.91 Å². The fraction of sp³-hybridized carbons (Fsp3) is 0.632. The number of methoxy groups -OCH3 is 1. The van der Waals surface area contributed by atoms with E-state index in [4.69, 9.17) is 4.74 Å². The summed E-state index contributed by atoms with van der Waals surface area (Å²) in [6, 6.07) is 8.10. The van der Waals surface area contributed by atoms with Crippen LogP contribution in [0, 0.1) is 0 Å². The molecule has 0 atom stereocenters. The van der Waals surface area contributed by atoms with Gasteiger partial charge in [0, 0.05) is 65.3 Å². The van der Waals surface area contributed by atoms with Crippen molar-refractivity contribution < 1.29 is 9.53 Å². The van der Waals surface area contributed by atoms with Gasteiger partial charge in [-0.05, 0) is 19.2 Å². The van der Waals surface area contributed by atoms with Crippen LogP contribution in [0.15, 0.2) is 24.3 Å². The number of benzene rings is 1. The van der Waals surface area contributed by atoms with Crippen molar-refractivity contribution in [1.29, 1.82) is 0 Å². The Balaban J connectivity index is 1.44. The number of carbonyl (C=O) groups is 1. The van der Waals surface area contributed by atoms with Gasteiger partial charge in [0.25, 0.3) is 0 Å². The van der Waals surface area contributed by atoms with E-state index in [0.717, 1.165) is 70.3 Å². The number of likely N-dealkylation sites (N-methyl/N-ethyl adjacent to an activating group) is 1. The largest absolute Gasteiger partial charge is 0.495 e. The summed E-state index contributed by atoms with van der Waals surface area (Å²) >= 11 is 0. The molecular weight excluding hydrogens is 316 g/mol. The zero-order valence-corrected chi connectivity index (χ0v) is 15.5. The minimum atomic E-state index is 0.290. The summed E-state index contributed by atoms with van der Waals surface area (Å²) in [5.74, 6) is 1.19. The molecule has 0 saturated carbocycles. The topological polar surface area (TPSA) is 39.3 Å². The lowest BCUT2D eigenvalue weighted by atomic mass is 10.2. The highest BCUT2D eigenvalue weighted by atomic mass is 16.5. The first-order valence-electron chi connectivity index (χ1n) is 9.24. The molecule has 0 aromatic heterocycles. The lowest BCUT2D eigenvalue weighted by Crippen LogP contribution is -2.50. The normalized spacial score (nSPS) is 19.9. The first kappa shape index (κ1) is 18.0. The Bertz CT molecular complexity index is 564. The molecule has 25 heavy (non-hydrogen) atoms. The van der Waals surface area contributed by atoms with E-state index in [2.05, 4.69) is 27.8 Å². The van der Waals surface area contributed by atoms with Crippen molar-refractivity contribution in [2.75, 3.05) is 78.0 Å². The highest BCUT2D eigenvalue weighted by Gasteiger charge is 2.23. The first-order valence-corrected chi connectivity index (χ1v) is 9.24. The molecule has 2 aliphatic heterocycles. The van der Waals surface area contributed by atoms with E-state index in [9.17, 15) is 4.79 Å². The molecule has 1 amide bonds. The number of rotatable bonds is 5. The highest BCUT2D eigenvalue weighted by Crippen LogP contribution is 2.28. The molecule has 6 nitrogen and oxygen atoms in total. The molecular formula is C19H30N4O2. The molecule has 3 rings (SSSR count). The fourth-order valence-electron chi connectivity index (χ4n) is 3.57. The minimum absolute atomic E-state index is 0.290.